The van der Waals surface area contributed by atoms with Crippen molar-refractivity contribution in [3.05, 3.63) is 111 Å². The van der Waals surface area contributed by atoms with Gasteiger partial charge in [-0.25, -0.2) is 4.79 Å². The van der Waals surface area contributed by atoms with Crippen LogP contribution in [0.3, 0.4) is 0 Å². The van der Waals surface area contributed by atoms with E-state index in [1.54, 1.807) is 42.5 Å². The molecule has 0 aliphatic carbocycles. The summed E-state index contributed by atoms with van der Waals surface area (Å²) in [4.78, 5) is 48.1. The second-order valence-electron chi connectivity index (χ2n) is 7.64. The zero-order valence-electron chi connectivity index (χ0n) is 19.2. The van der Waals surface area contributed by atoms with Gasteiger partial charge < -0.3 is 20.5 Å². The van der Waals surface area contributed by atoms with Gasteiger partial charge in [-0.05, 0) is 53.6 Å². The molecule has 10 heteroatoms. The second-order valence-corrected chi connectivity index (χ2v) is 7.64. The summed E-state index contributed by atoms with van der Waals surface area (Å²) in [5, 5.41) is 25.5. The number of benzene rings is 3. The minimum Gasteiger partial charge on any atom is -0.497 e. The highest BCUT2D eigenvalue weighted by Gasteiger charge is 2.23. The number of hydrogen-bond donors (Lipinski definition) is 3. The van der Waals surface area contributed by atoms with E-state index in [9.17, 15) is 29.6 Å². The van der Waals surface area contributed by atoms with E-state index in [-0.39, 0.29) is 23.4 Å². The Morgan fingerprint density at radius 1 is 1.00 bits per heavy atom. The van der Waals surface area contributed by atoms with Crippen LogP contribution in [0.5, 0.6) is 5.75 Å². The fourth-order valence-electron chi connectivity index (χ4n) is 3.24. The van der Waals surface area contributed by atoms with Gasteiger partial charge in [0.1, 0.15) is 17.5 Å². The molecule has 0 heterocycles. The number of nitrogens with one attached hydrogen (secondary N) is 2. The smallest absolute Gasteiger partial charge is 0.326 e. The fraction of sp³-hybridized carbons (Fsp3) is 0.115. The van der Waals surface area contributed by atoms with Gasteiger partial charge in [0.2, 0.25) is 0 Å². The minimum absolute atomic E-state index is 0.0269. The molecule has 1 unspecified atom stereocenters. The average Bonchev–Trinajstić information content (AvgIpc) is 2.88. The monoisotopic (exact) mass is 489 g/mol. The molecule has 0 aromatic heterocycles. The molecule has 0 aliphatic rings. The first kappa shape index (κ1) is 25.6. The van der Waals surface area contributed by atoms with Crippen LogP contribution < -0.4 is 15.4 Å². The largest absolute Gasteiger partial charge is 0.497 e. The predicted molar refractivity (Wildman–Crippen MR) is 131 cm³/mol. The molecule has 3 N–H and O–H groups in total. The SMILES string of the molecule is COc1ccc(C(=O)N/C(=C\c2ccc([N+](=O)[O-])cc2)C(=O)NC(Cc2ccccc2)C(=O)O)cc1. The van der Waals surface area contributed by atoms with Crippen molar-refractivity contribution >= 4 is 29.5 Å². The van der Waals surface area contributed by atoms with E-state index in [1.807, 2.05) is 0 Å². The number of carbonyl (C=O) groups excluding carboxylic acids is 2. The third-order valence-electron chi connectivity index (χ3n) is 5.15. The second kappa shape index (κ2) is 11.9. The van der Waals surface area contributed by atoms with Crippen molar-refractivity contribution in [3.8, 4) is 5.75 Å². The minimum atomic E-state index is -1.27. The van der Waals surface area contributed by atoms with E-state index in [0.717, 1.165) is 0 Å². The summed E-state index contributed by atoms with van der Waals surface area (Å²) in [6.07, 6.45) is 1.33. The van der Waals surface area contributed by atoms with E-state index in [0.29, 0.717) is 16.9 Å². The first-order valence-corrected chi connectivity index (χ1v) is 10.8. The number of ether oxygens (including phenoxy) is 1. The maximum atomic E-state index is 13.1. The Morgan fingerprint density at radius 2 is 1.64 bits per heavy atom. The number of aliphatic carboxylic acids is 1. The third-order valence-corrected chi connectivity index (χ3v) is 5.15. The Balaban J connectivity index is 1.88. The molecule has 2 amide bonds. The Morgan fingerprint density at radius 3 is 2.19 bits per heavy atom. The van der Waals surface area contributed by atoms with E-state index < -0.39 is 28.7 Å². The number of nitrogens with zero attached hydrogens (tertiary/aromatic N) is 1. The molecule has 3 rings (SSSR count). The molecule has 3 aromatic carbocycles. The van der Waals surface area contributed by atoms with Gasteiger partial charge in [-0.1, -0.05) is 30.3 Å². The van der Waals surface area contributed by atoms with Crippen molar-refractivity contribution in [1.82, 2.24) is 10.6 Å². The number of rotatable bonds is 10. The first-order valence-electron chi connectivity index (χ1n) is 10.8. The van der Waals surface area contributed by atoms with Gasteiger partial charge in [0.25, 0.3) is 17.5 Å². The summed E-state index contributed by atoms with van der Waals surface area (Å²) < 4.78 is 5.08. The first-order chi connectivity index (χ1) is 17.3. The van der Waals surface area contributed by atoms with Gasteiger partial charge >= 0.3 is 5.97 Å². The maximum Gasteiger partial charge on any atom is 0.326 e. The van der Waals surface area contributed by atoms with E-state index in [1.165, 1.54) is 49.6 Å². The highest BCUT2D eigenvalue weighted by molar-refractivity contribution is 6.06. The van der Waals surface area contributed by atoms with Crippen LogP contribution in [0.4, 0.5) is 5.69 Å². The lowest BCUT2D eigenvalue weighted by Gasteiger charge is -2.17. The Hall–Kier alpha value is -4.99. The highest BCUT2D eigenvalue weighted by Crippen LogP contribution is 2.16. The van der Waals surface area contributed by atoms with Crippen LogP contribution in [0.25, 0.3) is 6.08 Å². The molecule has 0 radical (unpaired) electrons. The van der Waals surface area contributed by atoms with Crippen LogP contribution in [0.2, 0.25) is 0 Å². The van der Waals surface area contributed by atoms with Crippen LogP contribution in [0, 0.1) is 10.1 Å². The molecule has 1 atom stereocenters. The van der Waals surface area contributed by atoms with Gasteiger partial charge in [0.15, 0.2) is 0 Å². The lowest BCUT2D eigenvalue weighted by atomic mass is 10.1. The maximum absolute atomic E-state index is 13.1. The van der Waals surface area contributed by atoms with Crippen molar-refractivity contribution in [1.29, 1.82) is 0 Å². The number of carboxylic acids is 1. The van der Waals surface area contributed by atoms with Crippen molar-refractivity contribution < 1.29 is 29.2 Å². The Labute approximate surface area is 206 Å². The lowest BCUT2D eigenvalue weighted by molar-refractivity contribution is -0.384. The van der Waals surface area contributed by atoms with E-state index in [2.05, 4.69) is 10.6 Å². The molecule has 0 spiro atoms. The number of carbonyl (C=O) groups is 3. The molecular formula is C26H23N3O7. The molecule has 0 saturated carbocycles. The van der Waals surface area contributed by atoms with Crippen molar-refractivity contribution in [2.45, 2.75) is 12.5 Å². The standard InChI is InChI=1S/C26H23N3O7/c1-36-21-13-9-19(10-14-21)24(30)27-22(15-18-7-11-20(12-8-18)29(34)35)25(31)28-23(26(32)33)16-17-5-3-2-4-6-17/h2-15,23H,16H2,1H3,(H,27,30)(H,28,31)(H,32,33)/b22-15-. The van der Waals surface area contributed by atoms with Gasteiger partial charge in [0.05, 0.1) is 12.0 Å². The molecule has 184 valence electrons. The van der Waals surface area contributed by atoms with Crippen LogP contribution >= 0.6 is 0 Å². The molecule has 0 saturated heterocycles. The van der Waals surface area contributed by atoms with Crippen LogP contribution in [0.1, 0.15) is 21.5 Å². The molecule has 10 nitrogen and oxygen atoms in total. The fourth-order valence-corrected chi connectivity index (χ4v) is 3.24. The van der Waals surface area contributed by atoms with Gasteiger partial charge in [-0.15, -0.1) is 0 Å². The molecule has 0 aliphatic heterocycles. The molecular weight excluding hydrogens is 466 g/mol. The number of hydrogen-bond acceptors (Lipinski definition) is 6. The van der Waals surface area contributed by atoms with Crippen LogP contribution in [0.15, 0.2) is 84.6 Å². The van der Waals surface area contributed by atoms with Gasteiger partial charge in [-0.3, -0.25) is 19.7 Å². The number of non-ortho nitro benzene ring substituents is 1. The summed E-state index contributed by atoms with van der Waals surface area (Å²) in [5.74, 6) is -2.16. The summed E-state index contributed by atoms with van der Waals surface area (Å²) in [6.45, 7) is 0. The Kier molecular flexibility index (Phi) is 8.49. The Bertz CT molecular complexity index is 1270. The van der Waals surface area contributed by atoms with Crippen molar-refractivity contribution in [2.24, 2.45) is 0 Å². The van der Waals surface area contributed by atoms with Crippen molar-refractivity contribution in [2.75, 3.05) is 7.11 Å². The quantitative estimate of drug-likeness (QED) is 0.225. The molecule has 36 heavy (non-hydrogen) atoms. The van der Waals surface area contributed by atoms with Gasteiger partial charge in [0, 0.05) is 24.1 Å². The van der Waals surface area contributed by atoms with Crippen molar-refractivity contribution in [3.63, 3.8) is 0 Å². The van der Waals surface area contributed by atoms with Crippen LogP contribution in [-0.4, -0.2) is 41.0 Å². The normalized spacial score (nSPS) is 11.8. The summed E-state index contributed by atoms with van der Waals surface area (Å²) in [5.41, 5.74) is 0.944. The van der Waals surface area contributed by atoms with Gasteiger partial charge in [-0.2, -0.15) is 0 Å². The molecule has 3 aromatic rings. The lowest BCUT2D eigenvalue weighted by Crippen LogP contribution is -2.45. The number of carboxylic acid groups (broad SMARTS) is 1. The highest BCUT2D eigenvalue weighted by atomic mass is 16.6. The number of nitro benzene ring substituents is 1. The predicted octanol–water partition coefficient (Wildman–Crippen LogP) is 3.19. The number of nitro groups is 1. The summed E-state index contributed by atoms with van der Waals surface area (Å²) >= 11 is 0. The zero-order chi connectivity index (χ0) is 26.1. The van der Waals surface area contributed by atoms with E-state index >= 15 is 0 Å². The number of methoxy groups -OCH3 is 1. The summed E-state index contributed by atoms with van der Waals surface area (Å²) in [7, 11) is 1.48. The van der Waals surface area contributed by atoms with Crippen LogP contribution in [-0.2, 0) is 16.0 Å². The third kappa shape index (κ3) is 7.00. The molecule has 0 bridgehead atoms. The number of amides is 2. The zero-order valence-corrected chi connectivity index (χ0v) is 19.2. The van der Waals surface area contributed by atoms with E-state index in [4.69, 9.17) is 4.74 Å². The topological polar surface area (TPSA) is 148 Å². The average molecular weight is 489 g/mol. The summed E-state index contributed by atoms with van der Waals surface area (Å²) in [6, 6.07) is 19.0. The molecule has 0 fully saturated rings.